The van der Waals surface area contributed by atoms with E-state index in [4.69, 9.17) is 0 Å². The molecular weight excluding hydrogens is 372 g/mol. The number of aliphatic hydroxyl groups is 2. The van der Waals surface area contributed by atoms with Crippen molar-refractivity contribution < 1.29 is 15.0 Å². The Morgan fingerprint density at radius 1 is 1.17 bits per heavy atom. The van der Waals surface area contributed by atoms with Crippen LogP contribution in [0.15, 0.2) is 35.5 Å². The van der Waals surface area contributed by atoms with Gasteiger partial charge in [-0.25, -0.2) is 0 Å². The number of Topliss-reactive ketones (excluding diaryl/α,β-unsaturated/α-hetero) is 1. The van der Waals surface area contributed by atoms with Crippen molar-refractivity contribution in [2.24, 2.45) is 29.1 Å². The predicted octanol–water partition coefficient (Wildman–Crippen LogP) is 5.52. The van der Waals surface area contributed by atoms with Gasteiger partial charge in [0.25, 0.3) is 0 Å². The van der Waals surface area contributed by atoms with Crippen LogP contribution in [0.4, 0.5) is 0 Å². The molecule has 166 valence electrons. The number of fused-ring (bicyclic) bond motifs is 1. The second kappa shape index (κ2) is 8.74. The SMILES string of the molecule is C=C1C(=CC=C2CCC[C@@]3(C)C2CC[C@@H]3[C@H](C)CC2CCC(=O)C2)C[C@@H](O)C[C@@H]1O. The van der Waals surface area contributed by atoms with Gasteiger partial charge >= 0.3 is 0 Å². The van der Waals surface area contributed by atoms with Gasteiger partial charge in [-0.2, -0.15) is 0 Å². The first-order valence-electron chi connectivity index (χ1n) is 12.2. The largest absolute Gasteiger partial charge is 0.393 e. The van der Waals surface area contributed by atoms with Crippen molar-refractivity contribution in [1.82, 2.24) is 0 Å². The Bertz CT molecular complexity index is 747. The number of ketones is 1. The summed E-state index contributed by atoms with van der Waals surface area (Å²) in [4.78, 5) is 11.7. The third kappa shape index (κ3) is 4.25. The Morgan fingerprint density at radius 2 is 1.97 bits per heavy atom. The second-order valence-corrected chi connectivity index (χ2v) is 11.0. The van der Waals surface area contributed by atoms with E-state index in [0.29, 0.717) is 41.8 Å². The maximum absolute atomic E-state index is 11.7. The molecule has 0 amide bonds. The lowest BCUT2D eigenvalue weighted by atomic mass is 9.60. The molecule has 30 heavy (non-hydrogen) atoms. The molecule has 0 aromatic rings. The van der Waals surface area contributed by atoms with Crippen molar-refractivity contribution in [2.75, 3.05) is 0 Å². The van der Waals surface area contributed by atoms with Crippen LogP contribution in [-0.2, 0) is 4.79 Å². The fraction of sp³-hybridized carbons (Fsp3) is 0.741. The Labute approximate surface area is 182 Å². The molecule has 0 aliphatic heterocycles. The summed E-state index contributed by atoms with van der Waals surface area (Å²) < 4.78 is 0. The molecule has 2 unspecified atom stereocenters. The smallest absolute Gasteiger partial charge is 0.133 e. The minimum Gasteiger partial charge on any atom is -0.393 e. The van der Waals surface area contributed by atoms with Gasteiger partial charge in [0.1, 0.15) is 5.78 Å². The van der Waals surface area contributed by atoms with Crippen molar-refractivity contribution in [3.8, 4) is 0 Å². The fourth-order valence-corrected chi connectivity index (χ4v) is 7.46. The van der Waals surface area contributed by atoms with Crippen LogP contribution < -0.4 is 0 Å². The maximum atomic E-state index is 11.7. The molecule has 3 nitrogen and oxygen atoms in total. The van der Waals surface area contributed by atoms with E-state index in [2.05, 4.69) is 32.6 Å². The first kappa shape index (κ1) is 22.0. The molecule has 4 aliphatic rings. The molecule has 0 aromatic carbocycles. The van der Waals surface area contributed by atoms with Crippen LogP contribution in [0.2, 0.25) is 0 Å². The molecule has 0 spiro atoms. The van der Waals surface area contributed by atoms with Gasteiger partial charge in [-0.1, -0.05) is 38.2 Å². The fourth-order valence-electron chi connectivity index (χ4n) is 7.46. The number of allylic oxidation sites excluding steroid dienone is 3. The molecule has 4 aliphatic carbocycles. The zero-order valence-electron chi connectivity index (χ0n) is 18.9. The van der Waals surface area contributed by atoms with Gasteiger partial charge in [-0.15, -0.1) is 0 Å². The van der Waals surface area contributed by atoms with Crippen LogP contribution in [0, 0.1) is 29.1 Å². The molecule has 0 saturated heterocycles. The lowest BCUT2D eigenvalue weighted by Gasteiger charge is -2.44. The third-order valence-electron chi connectivity index (χ3n) is 9.04. The summed E-state index contributed by atoms with van der Waals surface area (Å²) in [7, 11) is 0. The van der Waals surface area contributed by atoms with Gasteiger partial charge in [0, 0.05) is 19.3 Å². The monoisotopic (exact) mass is 412 g/mol. The van der Waals surface area contributed by atoms with Crippen LogP contribution in [0.5, 0.6) is 0 Å². The quantitative estimate of drug-likeness (QED) is 0.639. The molecule has 4 fully saturated rings. The molecule has 3 heteroatoms. The Hall–Kier alpha value is -1.19. The van der Waals surface area contributed by atoms with Crippen LogP contribution in [0.1, 0.15) is 84.5 Å². The number of carbonyl (C=O) groups is 1. The highest BCUT2D eigenvalue weighted by Crippen LogP contribution is 2.60. The van der Waals surface area contributed by atoms with Crippen molar-refractivity contribution in [3.05, 3.63) is 35.5 Å². The van der Waals surface area contributed by atoms with Crippen molar-refractivity contribution >= 4 is 5.78 Å². The number of aliphatic hydroxyl groups excluding tert-OH is 2. The normalized spacial score (nSPS) is 43.4. The lowest BCUT2D eigenvalue weighted by molar-refractivity contribution is -0.117. The Balaban J connectivity index is 1.48. The van der Waals surface area contributed by atoms with E-state index in [-0.39, 0.29) is 0 Å². The maximum Gasteiger partial charge on any atom is 0.133 e. The highest BCUT2D eigenvalue weighted by atomic mass is 16.3. The Morgan fingerprint density at radius 3 is 2.70 bits per heavy atom. The lowest BCUT2D eigenvalue weighted by Crippen LogP contribution is -2.36. The van der Waals surface area contributed by atoms with E-state index < -0.39 is 12.2 Å². The van der Waals surface area contributed by atoms with E-state index >= 15 is 0 Å². The third-order valence-corrected chi connectivity index (χ3v) is 9.04. The average Bonchev–Trinajstić information content (AvgIpc) is 3.25. The second-order valence-electron chi connectivity index (χ2n) is 11.0. The zero-order valence-corrected chi connectivity index (χ0v) is 18.9. The molecule has 7 atom stereocenters. The average molecular weight is 413 g/mol. The molecule has 0 heterocycles. The van der Waals surface area contributed by atoms with Gasteiger partial charge in [0.2, 0.25) is 0 Å². The van der Waals surface area contributed by atoms with Crippen LogP contribution in [0.25, 0.3) is 0 Å². The van der Waals surface area contributed by atoms with Gasteiger partial charge in [0.05, 0.1) is 12.2 Å². The van der Waals surface area contributed by atoms with Crippen molar-refractivity contribution in [2.45, 2.75) is 96.7 Å². The first-order chi connectivity index (χ1) is 14.3. The van der Waals surface area contributed by atoms with E-state index in [0.717, 1.165) is 36.3 Å². The van der Waals surface area contributed by atoms with Gasteiger partial charge < -0.3 is 10.2 Å². The molecule has 4 saturated carbocycles. The summed E-state index contributed by atoms with van der Waals surface area (Å²) >= 11 is 0. The van der Waals surface area contributed by atoms with Crippen LogP contribution in [0.3, 0.4) is 0 Å². The summed E-state index contributed by atoms with van der Waals surface area (Å²) in [5.41, 5.74) is 3.71. The molecular formula is C27H40O3. The molecule has 0 radical (unpaired) electrons. The standard InChI is InChI=1S/C27H40O3/c1-17(13-19-6-9-22(28)14-19)24-10-11-25-20(5-4-12-27(24,25)3)7-8-21-15-23(29)16-26(30)18(21)2/h7-8,17,19,23-26,29-30H,2,4-6,9-16H2,1,3H3/t17-,19?,23-,24-,25?,26+,27-/m1/s1. The molecule has 0 bridgehead atoms. The van der Waals surface area contributed by atoms with Crippen LogP contribution in [-0.4, -0.2) is 28.2 Å². The minimum absolute atomic E-state index is 0.368. The Kier molecular flexibility index (Phi) is 6.42. The van der Waals surface area contributed by atoms with Gasteiger partial charge in [-0.3, -0.25) is 4.79 Å². The molecule has 0 aromatic heterocycles. The molecule has 2 N–H and O–H groups in total. The molecule has 4 rings (SSSR count). The first-order valence-corrected chi connectivity index (χ1v) is 12.2. The number of hydrogen-bond acceptors (Lipinski definition) is 3. The van der Waals surface area contributed by atoms with E-state index in [1.54, 1.807) is 5.57 Å². The van der Waals surface area contributed by atoms with E-state index in [9.17, 15) is 15.0 Å². The predicted molar refractivity (Wildman–Crippen MR) is 121 cm³/mol. The minimum atomic E-state index is -0.616. The summed E-state index contributed by atoms with van der Waals surface area (Å²) in [6, 6.07) is 0. The summed E-state index contributed by atoms with van der Waals surface area (Å²) in [5, 5.41) is 20.2. The number of carbonyl (C=O) groups excluding carboxylic acids is 1. The summed E-state index contributed by atoms with van der Waals surface area (Å²) in [5.74, 6) is 3.18. The number of rotatable bonds is 4. The van der Waals surface area contributed by atoms with E-state index in [1.807, 2.05) is 0 Å². The summed E-state index contributed by atoms with van der Waals surface area (Å²) in [6.45, 7) is 9.03. The van der Waals surface area contributed by atoms with Crippen molar-refractivity contribution in [1.29, 1.82) is 0 Å². The van der Waals surface area contributed by atoms with Crippen LogP contribution >= 0.6 is 0 Å². The van der Waals surface area contributed by atoms with Gasteiger partial charge in [0.15, 0.2) is 0 Å². The highest BCUT2D eigenvalue weighted by Gasteiger charge is 2.50. The topological polar surface area (TPSA) is 57.5 Å². The van der Waals surface area contributed by atoms with E-state index in [1.165, 1.54) is 38.5 Å². The highest BCUT2D eigenvalue weighted by molar-refractivity contribution is 5.80. The number of hydrogen-bond donors (Lipinski definition) is 2. The summed E-state index contributed by atoms with van der Waals surface area (Å²) in [6.07, 6.45) is 14.6. The zero-order chi connectivity index (χ0) is 21.5. The van der Waals surface area contributed by atoms with Crippen molar-refractivity contribution in [3.63, 3.8) is 0 Å². The van der Waals surface area contributed by atoms with Gasteiger partial charge in [-0.05, 0) is 91.6 Å².